The van der Waals surface area contributed by atoms with Crippen LogP contribution in [-0.2, 0) is 10.4 Å². The zero-order valence-electron chi connectivity index (χ0n) is 15.4. The van der Waals surface area contributed by atoms with Gasteiger partial charge in [-0.3, -0.25) is 9.11 Å². The number of aliphatic hydroxyl groups excluding tert-OH is 1. The molecular formula is C15H37NaO6S. The van der Waals surface area contributed by atoms with Gasteiger partial charge in [0.15, 0.2) is 0 Å². The van der Waals surface area contributed by atoms with Crippen LogP contribution >= 0.6 is 0 Å². The van der Waals surface area contributed by atoms with E-state index in [4.69, 9.17) is 22.6 Å². The minimum Gasteiger partial charge on any atom is -0.412 e. The van der Waals surface area contributed by atoms with Crippen LogP contribution in [0.5, 0.6) is 0 Å². The van der Waals surface area contributed by atoms with Crippen molar-refractivity contribution in [1.29, 1.82) is 0 Å². The number of rotatable bonds is 10. The third kappa shape index (κ3) is 84.6. The molecule has 0 aromatic carbocycles. The first-order valence-corrected chi connectivity index (χ1v) is 11.3. The van der Waals surface area contributed by atoms with E-state index in [0.717, 1.165) is 0 Å². The Morgan fingerprint density at radius 1 is 0.826 bits per heavy atom. The van der Waals surface area contributed by atoms with Crippen LogP contribution in [0.25, 0.3) is 0 Å². The first kappa shape index (κ1) is 31.5. The summed E-state index contributed by atoms with van der Waals surface area (Å²) in [6.07, 6.45) is 14.6. The summed E-state index contributed by atoms with van der Waals surface area (Å²) < 4.78 is 33.1. The van der Waals surface area contributed by atoms with Crippen LogP contribution in [0.15, 0.2) is 0 Å². The second-order valence-electron chi connectivity index (χ2n) is 5.72. The van der Waals surface area contributed by atoms with Crippen molar-refractivity contribution in [1.82, 2.24) is 0 Å². The van der Waals surface area contributed by atoms with Crippen molar-refractivity contribution >= 4 is 38.3 Å². The van der Waals surface area contributed by atoms with Crippen LogP contribution in [0.3, 0.4) is 0 Å². The standard InChI is InChI=1S/C12H25.C3H8O.Na.H2O4S.H2O/c1-3-5-7-9-11-12-10-8-6-4-2;1-3(2)4;;1-5(2,3)4;/h1,3-12H2,2H3;3-4H,1-2H3;;(H2,1,2,3,4);1H2. The van der Waals surface area contributed by atoms with E-state index < -0.39 is 10.4 Å². The van der Waals surface area contributed by atoms with Gasteiger partial charge in [0.2, 0.25) is 0 Å². The summed E-state index contributed by atoms with van der Waals surface area (Å²) in [5.41, 5.74) is 0. The van der Waals surface area contributed by atoms with Gasteiger partial charge in [0, 0.05) is 6.10 Å². The molecule has 0 amide bonds. The molecule has 23 heavy (non-hydrogen) atoms. The molecule has 0 fully saturated rings. The Morgan fingerprint density at radius 2 is 1.04 bits per heavy atom. The number of hydrogen-bond donors (Lipinski definition) is 3. The molecule has 0 bridgehead atoms. The number of unbranched alkanes of at least 4 members (excludes halogenated alkanes) is 9. The molecule has 0 aliphatic rings. The van der Waals surface area contributed by atoms with E-state index in [1.807, 2.05) is 0 Å². The van der Waals surface area contributed by atoms with Crippen LogP contribution < -0.4 is 0 Å². The molecule has 140 valence electrons. The van der Waals surface area contributed by atoms with Crippen molar-refractivity contribution in [2.75, 3.05) is 0 Å². The first-order valence-electron chi connectivity index (χ1n) is 8.53. The maximum atomic E-state index is 8.74. The Hall–Kier alpha value is 0.790. The van der Waals surface area contributed by atoms with Gasteiger partial charge in [-0.1, -0.05) is 0 Å². The average molecular weight is 369 g/mol. The molecule has 0 aliphatic heterocycles. The summed E-state index contributed by atoms with van der Waals surface area (Å²) in [5.74, 6) is 0. The molecule has 0 aromatic heterocycles. The number of aliphatic hydroxyl groups is 1. The second-order valence-corrected chi connectivity index (χ2v) is 7.62. The quantitative estimate of drug-likeness (QED) is 0.309. The smallest absolute Gasteiger partial charge is 0.394 e. The molecular weight excluding hydrogens is 331 g/mol. The van der Waals surface area contributed by atoms with Gasteiger partial charge < -0.3 is 10.6 Å². The maximum absolute atomic E-state index is 8.74. The predicted octanol–water partition coefficient (Wildman–Crippen LogP) is 3.40. The summed E-state index contributed by atoms with van der Waals surface area (Å²) in [6, 6.07) is 0. The van der Waals surface area contributed by atoms with Crippen molar-refractivity contribution < 1.29 is 28.1 Å². The minimum absolute atomic E-state index is 0. The van der Waals surface area contributed by atoms with Gasteiger partial charge in [-0.2, -0.15) is 8.42 Å². The van der Waals surface area contributed by atoms with Gasteiger partial charge >= 0.3 is 113 Å². The van der Waals surface area contributed by atoms with E-state index in [-0.39, 0.29) is 11.6 Å². The molecule has 0 saturated heterocycles. The van der Waals surface area contributed by atoms with E-state index in [1.54, 1.807) is 13.8 Å². The Bertz CT molecular complexity index is 263. The van der Waals surface area contributed by atoms with Crippen molar-refractivity contribution in [3.05, 3.63) is 0 Å². The van der Waals surface area contributed by atoms with E-state index >= 15 is 0 Å². The van der Waals surface area contributed by atoms with Gasteiger partial charge in [0.1, 0.15) is 0 Å². The Labute approximate surface area is 160 Å². The van der Waals surface area contributed by atoms with Gasteiger partial charge in [-0.15, -0.1) is 0 Å². The van der Waals surface area contributed by atoms with Crippen molar-refractivity contribution in [2.24, 2.45) is 0 Å². The van der Waals surface area contributed by atoms with E-state index in [1.165, 1.54) is 95.8 Å². The van der Waals surface area contributed by atoms with Crippen LogP contribution in [0.2, 0.25) is 3.67 Å². The summed E-state index contributed by atoms with van der Waals surface area (Å²) in [6.45, 7) is 5.73. The Kier molecular flexibility index (Phi) is 34.3. The maximum Gasteiger partial charge on any atom is 0.394 e. The molecule has 0 spiro atoms. The molecule has 0 aliphatic carbocycles. The fraction of sp³-hybridized carbons (Fsp3) is 1.00. The monoisotopic (exact) mass is 368 g/mol. The SMILES string of the molecule is CC(C)O.CCCCCCCCCCC[CH2][Na].O.O=S(=O)(O)O. The van der Waals surface area contributed by atoms with Gasteiger partial charge in [0.05, 0.1) is 0 Å². The molecule has 0 rings (SSSR count). The van der Waals surface area contributed by atoms with Crippen molar-refractivity contribution in [3.8, 4) is 0 Å². The van der Waals surface area contributed by atoms with Crippen LogP contribution in [0, 0.1) is 0 Å². The van der Waals surface area contributed by atoms with Gasteiger partial charge in [-0.25, -0.2) is 0 Å². The summed E-state index contributed by atoms with van der Waals surface area (Å²) in [4.78, 5) is 0. The third-order valence-electron chi connectivity index (χ3n) is 2.71. The second kappa shape index (κ2) is 25.0. The predicted molar refractivity (Wildman–Crippen MR) is 97.6 cm³/mol. The average Bonchev–Trinajstić information content (AvgIpc) is 2.34. The van der Waals surface area contributed by atoms with Crippen LogP contribution in [0.1, 0.15) is 85.0 Å². The van der Waals surface area contributed by atoms with Gasteiger partial charge in [-0.05, 0) is 13.8 Å². The largest absolute Gasteiger partial charge is 0.412 e. The first-order chi connectivity index (χ1) is 10.1. The van der Waals surface area contributed by atoms with Crippen molar-refractivity contribution in [3.63, 3.8) is 0 Å². The molecule has 0 radical (unpaired) electrons. The molecule has 0 aromatic rings. The molecule has 0 saturated carbocycles. The molecule has 6 nitrogen and oxygen atoms in total. The Morgan fingerprint density at radius 3 is 1.26 bits per heavy atom. The molecule has 5 N–H and O–H groups in total. The normalized spacial score (nSPS) is 10.1. The topological polar surface area (TPSA) is 126 Å². The molecule has 0 atom stereocenters. The van der Waals surface area contributed by atoms with E-state index in [0.29, 0.717) is 0 Å². The minimum atomic E-state index is -4.67. The fourth-order valence-electron chi connectivity index (χ4n) is 1.74. The number of hydrogen-bond acceptors (Lipinski definition) is 3. The van der Waals surface area contributed by atoms with Crippen LogP contribution in [-0.4, -0.2) is 62.1 Å². The third-order valence-corrected chi connectivity index (χ3v) is 3.41. The zero-order chi connectivity index (χ0) is 17.9. The van der Waals surface area contributed by atoms with E-state index in [9.17, 15) is 0 Å². The summed E-state index contributed by atoms with van der Waals surface area (Å²) in [5, 5.41) is 8.06. The fourth-order valence-corrected chi connectivity index (χ4v) is 2.24. The van der Waals surface area contributed by atoms with Gasteiger partial charge in [0.25, 0.3) is 0 Å². The molecule has 0 unspecified atom stereocenters. The summed E-state index contributed by atoms with van der Waals surface area (Å²) >= 11 is 1.41. The molecule has 8 heteroatoms. The summed E-state index contributed by atoms with van der Waals surface area (Å²) in [7, 11) is -4.67. The zero-order valence-corrected chi connectivity index (χ0v) is 18.2. The van der Waals surface area contributed by atoms with Crippen molar-refractivity contribution in [2.45, 2.75) is 94.8 Å². The van der Waals surface area contributed by atoms with Crippen LogP contribution in [0.4, 0.5) is 0 Å². The Balaban J connectivity index is -0.000000150. The van der Waals surface area contributed by atoms with E-state index in [2.05, 4.69) is 6.92 Å². The molecule has 0 heterocycles.